The van der Waals surface area contributed by atoms with Crippen LogP contribution in [-0.4, -0.2) is 29.3 Å². The number of hydrogen-bond acceptors (Lipinski definition) is 3. The Balaban J connectivity index is 2.10. The van der Waals surface area contributed by atoms with Crippen LogP contribution in [0.25, 0.3) is 0 Å². The van der Waals surface area contributed by atoms with E-state index >= 15 is 0 Å². The maximum atomic E-state index is 10.8. The Morgan fingerprint density at radius 3 is 2.53 bits per heavy atom. The van der Waals surface area contributed by atoms with Gasteiger partial charge >= 0.3 is 5.97 Å². The van der Waals surface area contributed by atoms with Crippen molar-refractivity contribution in [2.45, 2.75) is 64.0 Å². The summed E-state index contributed by atoms with van der Waals surface area (Å²) in [6, 6.07) is 0. The van der Waals surface area contributed by atoms with Gasteiger partial charge in [0.2, 0.25) is 0 Å². The van der Waals surface area contributed by atoms with Gasteiger partial charge in [0.15, 0.2) is 0 Å². The van der Waals surface area contributed by atoms with Crippen LogP contribution in [0.3, 0.4) is 0 Å². The quantitative estimate of drug-likeness (QED) is 0.701. The molecule has 0 radical (unpaired) electrons. The molecule has 17 heavy (non-hydrogen) atoms. The first-order chi connectivity index (χ1) is 7.92. The fourth-order valence-corrected chi connectivity index (χ4v) is 2.19. The predicted octanol–water partition coefficient (Wildman–Crippen LogP) is 2.16. The first-order valence-corrected chi connectivity index (χ1v) is 6.55. The molecule has 0 aromatic heterocycles. The molecule has 0 saturated heterocycles. The maximum absolute atomic E-state index is 10.8. The van der Waals surface area contributed by atoms with Gasteiger partial charge in [0, 0.05) is 6.61 Å². The first-order valence-electron chi connectivity index (χ1n) is 6.55. The first kappa shape index (κ1) is 14.5. The Morgan fingerprint density at radius 1 is 1.41 bits per heavy atom. The molecule has 0 aromatic rings. The molecular weight excluding hydrogens is 218 g/mol. The Bertz CT molecular complexity index is 245. The van der Waals surface area contributed by atoms with Gasteiger partial charge in [-0.15, -0.1) is 0 Å². The van der Waals surface area contributed by atoms with E-state index in [1.54, 1.807) is 6.92 Å². The number of aliphatic carboxylic acids is 1. The van der Waals surface area contributed by atoms with Crippen LogP contribution < -0.4 is 5.73 Å². The maximum Gasteiger partial charge on any atom is 0.323 e. The summed E-state index contributed by atoms with van der Waals surface area (Å²) >= 11 is 0. The van der Waals surface area contributed by atoms with Gasteiger partial charge in [0.1, 0.15) is 5.54 Å². The summed E-state index contributed by atoms with van der Waals surface area (Å²) in [6.07, 6.45) is 6.32. The highest BCUT2D eigenvalue weighted by Crippen LogP contribution is 2.25. The Kier molecular flexibility index (Phi) is 5.40. The lowest BCUT2D eigenvalue weighted by molar-refractivity contribution is -0.143. The third kappa shape index (κ3) is 5.04. The SMILES string of the molecule is CC1CCC(OCCCC(C)(N)C(=O)O)CC1. The molecule has 1 aliphatic rings. The van der Waals surface area contributed by atoms with Gasteiger partial charge in [-0.3, -0.25) is 4.79 Å². The fraction of sp³-hybridized carbons (Fsp3) is 0.923. The molecule has 0 heterocycles. The molecule has 4 nitrogen and oxygen atoms in total. The van der Waals surface area contributed by atoms with Gasteiger partial charge in [0.25, 0.3) is 0 Å². The van der Waals surface area contributed by atoms with Crippen LogP contribution in [-0.2, 0) is 9.53 Å². The highest BCUT2D eigenvalue weighted by Gasteiger charge is 2.27. The lowest BCUT2D eigenvalue weighted by Crippen LogP contribution is -2.44. The molecule has 0 aromatic carbocycles. The van der Waals surface area contributed by atoms with E-state index in [9.17, 15) is 4.79 Å². The highest BCUT2D eigenvalue weighted by atomic mass is 16.5. The predicted molar refractivity (Wildman–Crippen MR) is 66.8 cm³/mol. The zero-order valence-electron chi connectivity index (χ0n) is 10.9. The van der Waals surface area contributed by atoms with Crippen LogP contribution in [0.5, 0.6) is 0 Å². The van der Waals surface area contributed by atoms with Crippen LogP contribution in [0.4, 0.5) is 0 Å². The number of ether oxygens (including phenoxy) is 1. The number of carboxylic acid groups (broad SMARTS) is 1. The zero-order chi connectivity index (χ0) is 12.9. The van der Waals surface area contributed by atoms with Crippen molar-refractivity contribution in [1.82, 2.24) is 0 Å². The molecule has 1 rings (SSSR count). The van der Waals surface area contributed by atoms with Crippen molar-refractivity contribution in [2.75, 3.05) is 6.61 Å². The number of rotatable bonds is 6. The molecule has 1 aliphatic carbocycles. The van der Waals surface area contributed by atoms with Crippen molar-refractivity contribution in [3.8, 4) is 0 Å². The van der Waals surface area contributed by atoms with Crippen LogP contribution in [0, 0.1) is 5.92 Å². The average molecular weight is 243 g/mol. The van der Waals surface area contributed by atoms with E-state index in [4.69, 9.17) is 15.6 Å². The normalized spacial score (nSPS) is 28.6. The minimum absolute atomic E-state index is 0.375. The molecule has 3 N–H and O–H groups in total. The lowest BCUT2D eigenvalue weighted by Gasteiger charge is -2.26. The van der Waals surface area contributed by atoms with Crippen LogP contribution in [0.1, 0.15) is 52.4 Å². The standard InChI is InChI=1S/C13H25NO3/c1-10-4-6-11(7-5-10)17-9-3-8-13(2,14)12(15)16/h10-11H,3-9,14H2,1-2H3,(H,15,16). The van der Waals surface area contributed by atoms with Gasteiger partial charge < -0.3 is 15.6 Å². The van der Waals surface area contributed by atoms with Gasteiger partial charge in [-0.25, -0.2) is 0 Å². The summed E-state index contributed by atoms with van der Waals surface area (Å²) in [4.78, 5) is 10.8. The minimum atomic E-state index is -1.12. The van der Waals surface area contributed by atoms with Gasteiger partial charge in [-0.1, -0.05) is 6.92 Å². The smallest absolute Gasteiger partial charge is 0.323 e. The summed E-state index contributed by atoms with van der Waals surface area (Å²) in [5, 5.41) is 8.85. The Labute approximate surface area is 104 Å². The number of hydrogen-bond donors (Lipinski definition) is 2. The van der Waals surface area contributed by atoms with Crippen LogP contribution in [0.2, 0.25) is 0 Å². The van der Waals surface area contributed by atoms with E-state index < -0.39 is 11.5 Å². The molecule has 1 unspecified atom stereocenters. The topological polar surface area (TPSA) is 72.5 Å². The Morgan fingerprint density at radius 2 is 2.00 bits per heavy atom. The molecule has 0 bridgehead atoms. The third-order valence-electron chi connectivity index (χ3n) is 3.65. The Hall–Kier alpha value is -0.610. The van der Waals surface area contributed by atoms with Crippen molar-refractivity contribution in [2.24, 2.45) is 11.7 Å². The fourth-order valence-electron chi connectivity index (χ4n) is 2.19. The summed E-state index contributed by atoms with van der Waals surface area (Å²) in [7, 11) is 0. The van der Waals surface area contributed by atoms with E-state index in [1.807, 2.05) is 0 Å². The van der Waals surface area contributed by atoms with Crippen LogP contribution >= 0.6 is 0 Å². The molecule has 100 valence electrons. The van der Waals surface area contributed by atoms with Crippen molar-refractivity contribution >= 4 is 5.97 Å². The van der Waals surface area contributed by atoms with E-state index in [0.29, 0.717) is 25.6 Å². The highest BCUT2D eigenvalue weighted by molar-refractivity contribution is 5.77. The van der Waals surface area contributed by atoms with Gasteiger partial charge in [-0.2, -0.15) is 0 Å². The van der Waals surface area contributed by atoms with Crippen LogP contribution in [0.15, 0.2) is 0 Å². The second-order valence-corrected chi connectivity index (χ2v) is 5.58. The van der Waals surface area contributed by atoms with E-state index in [2.05, 4.69) is 6.92 Å². The van der Waals surface area contributed by atoms with E-state index in [-0.39, 0.29) is 0 Å². The molecule has 0 aliphatic heterocycles. The van der Waals surface area contributed by atoms with E-state index in [1.165, 1.54) is 12.8 Å². The van der Waals surface area contributed by atoms with Crippen molar-refractivity contribution in [1.29, 1.82) is 0 Å². The zero-order valence-corrected chi connectivity index (χ0v) is 10.9. The molecule has 1 atom stereocenters. The van der Waals surface area contributed by atoms with Gasteiger partial charge in [-0.05, 0) is 51.4 Å². The third-order valence-corrected chi connectivity index (χ3v) is 3.65. The van der Waals surface area contributed by atoms with Crippen molar-refractivity contribution < 1.29 is 14.6 Å². The van der Waals surface area contributed by atoms with Gasteiger partial charge in [0.05, 0.1) is 6.10 Å². The molecule has 1 saturated carbocycles. The number of carboxylic acids is 1. The lowest BCUT2D eigenvalue weighted by atomic mass is 9.89. The minimum Gasteiger partial charge on any atom is -0.480 e. The largest absolute Gasteiger partial charge is 0.480 e. The second-order valence-electron chi connectivity index (χ2n) is 5.58. The van der Waals surface area contributed by atoms with Crippen molar-refractivity contribution in [3.05, 3.63) is 0 Å². The average Bonchev–Trinajstić information content (AvgIpc) is 2.26. The van der Waals surface area contributed by atoms with E-state index in [0.717, 1.165) is 18.8 Å². The molecule has 0 spiro atoms. The second kappa shape index (κ2) is 6.36. The summed E-state index contributed by atoms with van der Waals surface area (Å²) in [6.45, 7) is 4.46. The number of carbonyl (C=O) groups is 1. The molecule has 0 amide bonds. The molecule has 1 fully saturated rings. The summed E-state index contributed by atoms with van der Waals surface area (Å²) < 4.78 is 5.76. The monoisotopic (exact) mass is 243 g/mol. The number of nitrogens with two attached hydrogens (primary N) is 1. The summed E-state index contributed by atoms with van der Waals surface area (Å²) in [5.74, 6) is -0.113. The molecule has 4 heteroatoms. The summed E-state index contributed by atoms with van der Waals surface area (Å²) in [5.41, 5.74) is 4.52. The molecular formula is C13H25NO3. The van der Waals surface area contributed by atoms with Crippen molar-refractivity contribution in [3.63, 3.8) is 0 Å².